The Morgan fingerprint density at radius 1 is 1.45 bits per heavy atom. The quantitative estimate of drug-likeness (QED) is 0.812. The maximum absolute atomic E-state index is 11.1. The van der Waals surface area contributed by atoms with Crippen molar-refractivity contribution in [1.82, 2.24) is 9.88 Å². The molecule has 0 unspecified atom stereocenters. The normalized spacial score (nSPS) is 17.1. The first-order chi connectivity index (χ1) is 9.65. The minimum absolute atomic E-state index is 0.0563. The fraction of sp³-hybridized carbons (Fsp3) is 0.571. The minimum atomic E-state index is -0.165. The highest BCUT2D eigenvalue weighted by atomic mass is 35.5. The molecule has 1 aromatic rings. The molecule has 0 atom stereocenters. The Balaban J connectivity index is 1.60. The molecule has 0 aromatic carbocycles. The molecule has 1 amide bonds. The van der Waals surface area contributed by atoms with Gasteiger partial charge in [0.05, 0.1) is 11.6 Å². The summed E-state index contributed by atoms with van der Waals surface area (Å²) in [6.45, 7) is 3.48. The van der Waals surface area contributed by atoms with Crippen molar-refractivity contribution in [2.24, 2.45) is 11.7 Å². The van der Waals surface area contributed by atoms with Crippen LogP contribution in [-0.2, 0) is 4.79 Å². The predicted molar refractivity (Wildman–Crippen MR) is 77.7 cm³/mol. The van der Waals surface area contributed by atoms with E-state index in [-0.39, 0.29) is 11.8 Å². The SMILES string of the molecule is NC(=O)C1CCN(CCCOc2ccc(Cl)cn2)CC1. The monoisotopic (exact) mass is 297 g/mol. The molecule has 1 aromatic heterocycles. The average Bonchev–Trinajstić information content (AvgIpc) is 2.46. The molecule has 0 saturated carbocycles. The molecule has 0 radical (unpaired) electrons. The molecule has 1 fully saturated rings. The Labute approximate surface area is 124 Å². The van der Waals surface area contributed by atoms with Gasteiger partial charge >= 0.3 is 0 Å². The summed E-state index contributed by atoms with van der Waals surface area (Å²) in [5, 5.41) is 0.606. The maximum atomic E-state index is 11.1. The Kier molecular flexibility index (Phi) is 5.61. The summed E-state index contributed by atoms with van der Waals surface area (Å²) in [5.74, 6) is 0.490. The summed E-state index contributed by atoms with van der Waals surface area (Å²) in [6, 6.07) is 3.53. The van der Waals surface area contributed by atoms with E-state index < -0.39 is 0 Å². The van der Waals surface area contributed by atoms with Crippen molar-refractivity contribution in [3.8, 4) is 5.88 Å². The number of amides is 1. The van der Waals surface area contributed by atoms with Crippen LogP contribution in [0.4, 0.5) is 0 Å². The third-order valence-corrected chi connectivity index (χ3v) is 3.78. The summed E-state index contributed by atoms with van der Waals surface area (Å²) in [7, 11) is 0. The van der Waals surface area contributed by atoms with Gasteiger partial charge in [-0.1, -0.05) is 11.6 Å². The molecule has 1 aliphatic heterocycles. The topological polar surface area (TPSA) is 68.5 Å². The summed E-state index contributed by atoms with van der Waals surface area (Å²) >= 11 is 5.75. The molecule has 0 spiro atoms. The van der Waals surface area contributed by atoms with E-state index >= 15 is 0 Å². The molecule has 2 N–H and O–H groups in total. The van der Waals surface area contributed by atoms with Crippen LogP contribution in [0.25, 0.3) is 0 Å². The Hall–Kier alpha value is -1.33. The van der Waals surface area contributed by atoms with Crippen molar-refractivity contribution in [2.75, 3.05) is 26.2 Å². The lowest BCUT2D eigenvalue weighted by Crippen LogP contribution is -2.39. The van der Waals surface area contributed by atoms with Gasteiger partial charge in [0.1, 0.15) is 0 Å². The molecule has 0 aliphatic carbocycles. The number of carbonyl (C=O) groups excluding carboxylic acids is 1. The molecule has 6 heteroatoms. The molecule has 0 bridgehead atoms. The zero-order valence-electron chi connectivity index (χ0n) is 11.4. The van der Waals surface area contributed by atoms with Crippen LogP contribution < -0.4 is 10.5 Å². The lowest BCUT2D eigenvalue weighted by molar-refractivity contribution is -0.123. The molecule has 110 valence electrons. The number of hydrogen-bond acceptors (Lipinski definition) is 4. The highest BCUT2D eigenvalue weighted by molar-refractivity contribution is 6.30. The second kappa shape index (κ2) is 7.45. The molecule has 2 heterocycles. The number of nitrogens with two attached hydrogens (primary N) is 1. The second-order valence-corrected chi connectivity index (χ2v) is 5.47. The molecule has 20 heavy (non-hydrogen) atoms. The van der Waals surface area contributed by atoms with Gasteiger partial charge < -0.3 is 15.4 Å². The van der Waals surface area contributed by atoms with Crippen LogP contribution in [0.15, 0.2) is 18.3 Å². The zero-order valence-corrected chi connectivity index (χ0v) is 12.2. The highest BCUT2D eigenvalue weighted by Gasteiger charge is 2.22. The van der Waals surface area contributed by atoms with Crippen LogP contribution in [-0.4, -0.2) is 42.0 Å². The number of nitrogens with zero attached hydrogens (tertiary/aromatic N) is 2. The number of halogens is 1. The van der Waals surface area contributed by atoms with Crippen molar-refractivity contribution in [3.05, 3.63) is 23.4 Å². The summed E-state index contributed by atoms with van der Waals surface area (Å²) < 4.78 is 5.54. The van der Waals surface area contributed by atoms with Crippen LogP contribution >= 0.6 is 11.6 Å². The van der Waals surface area contributed by atoms with Gasteiger partial charge in [-0.2, -0.15) is 0 Å². The van der Waals surface area contributed by atoms with Crippen LogP contribution in [0.1, 0.15) is 19.3 Å². The van der Waals surface area contributed by atoms with Gasteiger partial charge in [-0.15, -0.1) is 0 Å². The molecule has 2 rings (SSSR count). The Morgan fingerprint density at radius 2 is 2.20 bits per heavy atom. The van der Waals surface area contributed by atoms with Crippen molar-refractivity contribution in [2.45, 2.75) is 19.3 Å². The van der Waals surface area contributed by atoms with Crippen LogP contribution in [0.3, 0.4) is 0 Å². The summed E-state index contributed by atoms with van der Waals surface area (Å²) in [6.07, 6.45) is 4.25. The number of aromatic nitrogens is 1. The number of carbonyl (C=O) groups is 1. The zero-order chi connectivity index (χ0) is 14.4. The second-order valence-electron chi connectivity index (χ2n) is 5.03. The van der Waals surface area contributed by atoms with Crippen LogP contribution in [0, 0.1) is 5.92 Å². The van der Waals surface area contributed by atoms with E-state index in [9.17, 15) is 4.79 Å². The number of likely N-dealkylation sites (tertiary alicyclic amines) is 1. The van der Waals surface area contributed by atoms with Crippen LogP contribution in [0.2, 0.25) is 5.02 Å². The number of primary amides is 1. The van der Waals surface area contributed by atoms with E-state index in [1.54, 1.807) is 18.3 Å². The van der Waals surface area contributed by atoms with Gasteiger partial charge in [-0.05, 0) is 38.4 Å². The molecule has 1 saturated heterocycles. The molecule has 1 aliphatic rings. The van der Waals surface area contributed by atoms with E-state index in [0.717, 1.165) is 38.9 Å². The van der Waals surface area contributed by atoms with E-state index in [1.165, 1.54) is 0 Å². The largest absolute Gasteiger partial charge is 0.478 e. The number of piperidine rings is 1. The van der Waals surface area contributed by atoms with Gasteiger partial charge in [-0.3, -0.25) is 4.79 Å². The van der Waals surface area contributed by atoms with E-state index in [0.29, 0.717) is 17.5 Å². The number of pyridine rings is 1. The Morgan fingerprint density at radius 3 is 2.80 bits per heavy atom. The van der Waals surface area contributed by atoms with Gasteiger partial charge in [0, 0.05) is 24.7 Å². The first kappa shape index (κ1) is 15.1. The van der Waals surface area contributed by atoms with Crippen molar-refractivity contribution < 1.29 is 9.53 Å². The van der Waals surface area contributed by atoms with Gasteiger partial charge in [-0.25, -0.2) is 4.98 Å². The van der Waals surface area contributed by atoms with E-state index in [1.807, 2.05) is 0 Å². The van der Waals surface area contributed by atoms with E-state index in [2.05, 4.69) is 9.88 Å². The molecular weight excluding hydrogens is 278 g/mol. The summed E-state index contributed by atoms with van der Waals surface area (Å²) in [4.78, 5) is 17.5. The first-order valence-electron chi connectivity index (χ1n) is 6.91. The number of hydrogen-bond donors (Lipinski definition) is 1. The Bertz CT molecular complexity index is 431. The highest BCUT2D eigenvalue weighted by Crippen LogP contribution is 2.17. The fourth-order valence-electron chi connectivity index (χ4n) is 2.35. The van der Waals surface area contributed by atoms with Crippen molar-refractivity contribution in [3.63, 3.8) is 0 Å². The van der Waals surface area contributed by atoms with E-state index in [4.69, 9.17) is 22.1 Å². The fourth-order valence-corrected chi connectivity index (χ4v) is 2.47. The third kappa shape index (κ3) is 4.65. The minimum Gasteiger partial charge on any atom is -0.478 e. The third-order valence-electron chi connectivity index (χ3n) is 3.56. The molecule has 5 nitrogen and oxygen atoms in total. The smallest absolute Gasteiger partial charge is 0.220 e. The van der Waals surface area contributed by atoms with Gasteiger partial charge in [0.15, 0.2) is 0 Å². The average molecular weight is 298 g/mol. The van der Waals surface area contributed by atoms with Crippen molar-refractivity contribution >= 4 is 17.5 Å². The summed E-state index contributed by atoms with van der Waals surface area (Å²) in [5.41, 5.74) is 5.32. The number of ether oxygens (including phenoxy) is 1. The lowest BCUT2D eigenvalue weighted by Gasteiger charge is -2.30. The maximum Gasteiger partial charge on any atom is 0.220 e. The first-order valence-corrected chi connectivity index (χ1v) is 7.29. The lowest BCUT2D eigenvalue weighted by atomic mass is 9.96. The van der Waals surface area contributed by atoms with Gasteiger partial charge in [0.2, 0.25) is 11.8 Å². The predicted octanol–water partition coefficient (Wildman–Crippen LogP) is 1.70. The van der Waals surface area contributed by atoms with Crippen molar-refractivity contribution in [1.29, 1.82) is 0 Å². The molecular formula is C14H20ClN3O2. The standard InChI is InChI=1S/C14H20ClN3O2/c15-12-2-3-13(17-10-12)20-9-1-6-18-7-4-11(5-8-18)14(16)19/h2-3,10-11H,1,4-9H2,(H2,16,19). The van der Waals surface area contributed by atoms with Gasteiger partial charge in [0.25, 0.3) is 0 Å². The van der Waals surface area contributed by atoms with Crippen LogP contribution in [0.5, 0.6) is 5.88 Å². The number of rotatable bonds is 6.